The van der Waals surface area contributed by atoms with Gasteiger partial charge in [0.05, 0.1) is 23.8 Å². The Bertz CT molecular complexity index is 1170. The molecule has 0 spiro atoms. The maximum atomic E-state index is 10.9. The van der Waals surface area contributed by atoms with E-state index in [0.717, 1.165) is 67.0 Å². The van der Waals surface area contributed by atoms with Crippen molar-refractivity contribution in [1.82, 2.24) is 15.3 Å². The van der Waals surface area contributed by atoms with Crippen molar-refractivity contribution in [3.05, 3.63) is 36.0 Å². The summed E-state index contributed by atoms with van der Waals surface area (Å²) in [5.74, 6) is 0.658. The first-order valence-corrected chi connectivity index (χ1v) is 14.3. The smallest absolute Gasteiger partial charge is 0.332 e. The lowest BCUT2D eigenvalue weighted by Gasteiger charge is -2.32. The summed E-state index contributed by atoms with van der Waals surface area (Å²) < 4.78 is 10.9. The minimum Gasteiger partial charge on any atom is -0.479 e. The molecule has 1 aliphatic carbocycles. The van der Waals surface area contributed by atoms with Gasteiger partial charge in [0, 0.05) is 49.6 Å². The van der Waals surface area contributed by atoms with Crippen LogP contribution in [0.3, 0.4) is 0 Å². The van der Waals surface area contributed by atoms with Gasteiger partial charge in [-0.25, -0.2) is 14.8 Å². The fourth-order valence-corrected chi connectivity index (χ4v) is 5.34. The Hall–Kier alpha value is -3.26. The highest BCUT2D eigenvalue weighted by Gasteiger charge is 2.32. The highest BCUT2D eigenvalue weighted by molar-refractivity contribution is 5.71. The Kier molecular flexibility index (Phi) is 10.3. The van der Waals surface area contributed by atoms with Gasteiger partial charge in [0.15, 0.2) is 6.10 Å². The fraction of sp³-hybridized carbons (Fsp3) is 0.600. The number of hydrogen-bond donors (Lipinski definition) is 4. The second-order valence-electron chi connectivity index (χ2n) is 11.2. The van der Waals surface area contributed by atoms with Crippen LogP contribution in [0.4, 0.5) is 11.6 Å². The highest BCUT2D eigenvalue weighted by Crippen LogP contribution is 2.31. The zero-order valence-corrected chi connectivity index (χ0v) is 23.8. The quantitative estimate of drug-likeness (QED) is 0.301. The van der Waals surface area contributed by atoms with Gasteiger partial charge in [-0.15, -0.1) is 0 Å². The van der Waals surface area contributed by atoms with Gasteiger partial charge >= 0.3 is 5.97 Å². The molecule has 2 aromatic rings. The van der Waals surface area contributed by atoms with Gasteiger partial charge in [-0.3, -0.25) is 0 Å². The first-order chi connectivity index (χ1) is 19.3. The third kappa shape index (κ3) is 8.13. The first kappa shape index (κ1) is 29.7. The van der Waals surface area contributed by atoms with Crippen LogP contribution in [0.25, 0.3) is 11.3 Å². The molecule has 3 heterocycles. The van der Waals surface area contributed by atoms with Gasteiger partial charge in [0.1, 0.15) is 11.6 Å². The third-order valence-corrected chi connectivity index (χ3v) is 7.97. The molecule has 0 amide bonds. The number of hydrogen-bond acceptors (Lipinski definition) is 9. The van der Waals surface area contributed by atoms with Crippen LogP contribution in [-0.2, 0) is 14.3 Å². The molecule has 4 N–H and O–H groups in total. The number of carboxylic acid groups (broad SMARTS) is 1. The van der Waals surface area contributed by atoms with Crippen molar-refractivity contribution in [3.63, 3.8) is 0 Å². The lowest BCUT2D eigenvalue weighted by Crippen LogP contribution is -2.43. The molecule has 1 saturated heterocycles. The number of ether oxygens (including phenoxy) is 2. The maximum absolute atomic E-state index is 10.9. The van der Waals surface area contributed by atoms with Gasteiger partial charge in [0.2, 0.25) is 0 Å². The van der Waals surface area contributed by atoms with Gasteiger partial charge in [-0.05, 0) is 83.1 Å². The maximum Gasteiger partial charge on any atom is 0.332 e. The van der Waals surface area contributed by atoms with Crippen LogP contribution in [0.2, 0.25) is 0 Å². The average molecular weight is 551 g/mol. The highest BCUT2D eigenvalue weighted by atomic mass is 16.5. The standard InChI is InChI=1S/C30H42N6O4/c1-20-16-32-28(35-24-9-7-23(8-10-24)34-21(2)17-40-22(3)29(37)38)15-25(20)26-5-4-6-27(36-26)33-19-30(18-31)11-13-39-14-12-30/h4-6,15-16,21-24,34H,7-14,17,19H2,1-3H3,(H,32,35)(H,33,36)(H,37,38)/t21-,22+,23?,24?/m1/s1. The van der Waals surface area contributed by atoms with Gasteiger partial charge in [-0.1, -0.05) is 6.07 Å². The van der Waals surface area contributed by atoms with Crippen LogP contribution >= 0.6 is 0 Å². The van der Waals surface area contributed by atoms with E-state index in [0.29, 0.717) is 38.4 Å². The lowest BCUT2D eigenvalue weighted by atomic mass is 9.82. The lowest BCUT2D eigenvalue weighted by molar-refractivity contribution is -0.149. The van der Waals surface area contributed by atoms with Crippen molar-refractivity contribution in [2.24, 2.45) is 5.41 Å². The Morgan fingerprint density at radius 2 is 1.93 bits per heavy atom. The molecule has 1 aliphatic heterocycles. The molecule has 4 rings (SSSR count). The van der Waals surface area contributed by atoms with Crippen LogP contribution in [0.15, 0.2) is 30.5 Å². The summed E-state index contributed by atoms with van der Waals surface area (Å²) in [4.78, 5) is 20.4. The number of aryl methyl sites for hydroxylation is 1. The number of carbonyl (C=O) groups is 1. The van der Waals surface area contributed by atoms with Crippen molar-refractivity contribution in [1.29, 1.82) is 5.26 Å². The molecule has 0 unspecified atom stereocenters. The van der Waals surface area contributed by atoms with Crippen molar-refractivity contribution < 1.29 is 19.4 Å². The van der Waals surface area contributed by atoms with Crippen molar-refractivity contribution in [3.8, 4) is 17.3 Å². The topological polar surface area (TPSA) is 141 Å². The molecule has 2 aliphatic rings. The fourth-order valence-electron chi connectivity index (χ4n) is 5.34. The number of anilines is 2. The number of nitriles is 1. The minimum absolute atomic E-state index is 0.0949. The predicted octanol–water partition coefficient (Wildman–Crippen LogP) is 4.38. The van der Waals surface area contributed by atoms with Crippen molar-refractivity contribution in [2.45, 2.75) is 83.5 Å². The number of rotatable bonds is 12. The molecule has 2 aromatic heterocycles. The molecule has 0 radical (unpaired) electrons. The van der Waals surface area contributed by atoms with E-state index in [1.807, 2.05) is 38.2 Å². The largest absolute Gasteiger partial charge is 0.479 e. The number of aromatic nitrogens is 2. The second kappa shape index (κ2) is 13.9. The van der Waals surface area contributed by atoms with Crippen LogP contribution in [0, 0.1) is 23.7 Å². The molecule has 10 nitrogen and oxygen atoms in total. The Morgan fingerprint density at radius 3 is 2.62 bits per heavy atom. The SMILES string of the molecule is Cc1cnc(NC2CCC(N[C@H](C)CO[C@@H](C)C(=O)O)CC2)cc1-c1cccc(NCC2(C#N)CCOCC2)n1. The molecule has 2 atom stereocenters. The van der Waals surface area contributed by atoms with E-state index in [4.69, 9.17) is 19.6 Å². The van der Waals surface area contributed by atoms with Crippen molar-refractivity contribution >= 4 is 17.6 Å². The average Bonchev–Trinajstić information content (AvgIpc) is 2.97. The van der Waals surface area contributed by atoms with Crippen LogP contribution in [0.1, 0.15) is 57.9 Å². The van der Waals surface area contributed by atoms with Crippen LogP contribution < -0.4 is 16.0 Å². The molecule has 0 bridgehead atoms. The Balaban J connectivity index is 1.31. The van der Waals surface area contributed by atoms with E-state index in [9.17, 15) is 10.1 Å². The van der Waals surface area contributed by atoms with E-state index < -0.39 is 17.5 Å². The van der Waals surface area contributed by atoms with Gasteiger partial charge in [0.25, 0.3) is 0 Å². The molecule has 0 aromatic carbocycles. The predicted molar refractivity (Wildman–Crippen MR) is 154 cm³/mol. The second-order valence-corrected chi connectivity index (χ2v) is 11.2. The summed E-state index contributed by atoms with van der Waals surface area (Å²) in [7, 11) is 0. The van der Waals surface area contributed by atoms with E-state index in [-0.39, 0.29) is 6.04 Å². The molecular weight excluding hydrogens is 508 g/mol. The molecule has 10 heteroatoms. The molecule has 40 heavy (non-hydrogen) atoms. The van der Waals surface area contributed by atoms with E-state index in [1.165, 1.54) is 0 Å². The molecule has 2 fully saturated rings. The number of nitrogens with one attached hydrogen (secondary N) is 3. The number of pyridine rings is 2. The normalized spacial score (nSPS) is 22.1. The van der Waals surface area contributed by atoms with Crippen LogP contribution in [0.5, 0.6) is 0 Å². The molecular formula is C30H42N6O4. The van der Waals surface area contributed by atoms with E-state index in [2.05, 4.69) is 33.1 Å². The van der Waals surface area contributed by atoms with Gasteiger partial charge in [-0.2, -0.15) is 5.26 Å². The third-order valence-electron chi connectivity index (χ3n) is 7.97. The minimum atomic E-state index is -0.939. The van der Waals surface area contributed by atoms with Crippen molar-refractivity contribution in [2.75, 3.05) is 37.0 Å². The Labute approximate surface area is 236 Å². The first-order valence-electron chi connectivity index (χ1n) is 14.3. The van der Waals surface area contributed by atoms with Gasteiger partial charge < -0.3 is 30.5 Å². The van der Waals surface area contributed by atoms with Crippen LogP contribution in [-0.4, -0.2) is 71.6 Å². The monoisotopic (exact) mass is 550 g/mol. The summed E-state index contributed by atoms with van der Waals surface area (Å²) in [6.45, 7) is 7.79. The summed E-state index contributed by atoms with van der Waals surface area (Å²) in [5.41, 5.74) is 2.53. The summed E-state index contributed by atoms with van der Waals surface area (Å²) in [6, 6.07) is 11.3. The number of aliphatic carboxylic acids is 1. The van der Waals surface area contributed by atoms with E-state index in [1.54, 1.807) is 6.92 Å². The summed E-state index contributed by atoms with van der Waals surface area (Å²) in [5, 5.41) is 29.3. The number of nitrogens with zero attached hydrogens (tertiary/aromatic N) is 3. The molecule has 216 valence electrons. The zero-order chi connectivity index (χ0) is 28.5. The van der Waals surface area contributed by atoms with E-state index >= 15 is 0 Å². The summed E-state index contributed by atoms with van der Waals surface area (Å²) >= 11 is 0. The molecule has 1 saturated carbocycles. The number of carboxylic acids is 1. The zero-order valence-electron chi connectivity index (χ0n) is 23.8. The Morgan fingerprint density at radius 1 is 1.20 bits per heavy atom. The summed E-state index contributed by atoms with van der Waals surface area (Å²) in [6.07, 6.45) is 6.65.